The molecule has 3 aromatic rings. The lowest BCUT2D eigenvalue weighted by Crippen LogP contribution is -2.22. The number of hydrogen-bond acceptors (Lipinski definition) is 5. The predicted molar refractivity (Wildman–Crippen MR) is 88.9 cm³/mol. The maximum Gasteiger partial charge on any atom is 0.269 e. The Kier molecular flexibility index (Phi) is 3.86. The fourth-order valence-electron chi connectivity index (χ4n) is 2.40. The minimum atomic E-state index is -4.26. The van der Waals surface area contributed by atoms with Gasteiger partial charge in [0, 0.05) is 11.5 Å². The van der Waals surface area contributed by atoms with Gasteiger partial charge in [-0.15, -0.1) is 0 Å². The van der Waals surface area contributed by atoms with Crippen LogP contribution >= 0.6 is 0 Å². The highest BCUT2D eigenvalue weighted by Gasteiger charge is 2.28. The summed E-state index contributed by atoms with van der Waals surface area (Å²) in [5.41, 5.74) is 0.169. The first-order valence-electron chi connectivity index (χ1n) is 6.78. The molecule has 1 aromatic heterocycles. The van der Waals surface area contributed by atoms with Crippen molar-refractivity contribution in [1.82, 2.24) is 3.97 Å². The molecular weight excluding hydrogens is 352 g/mol. The molecule has 0 saturated heterocycles. The second-order valence-electron chi connectivity index (χ2n) is 5.03. The molecule has 0 saturated carbocycles. The van der Waals surface area contributed by atoms with E-state index in [4.69, 9.17) is 9.88 Å². The highest BCUT2D eigenvalue weighted by atomic mass is 32.2. The number of sulfonamides is 1. The van der Waals surface area contributed by atoms with Crippen molar-refractivity contribution in [2.45, 2.75) is 9.92 Å². The van der Waals surface area contributed by atoms with E-state index in [1.807, 2.05) is 0 Å². The standard InChI is InChI=1S/C15H14N2O5S2/c1-22-12-8-7-11-9-15(23(16,18)19)17(14(11)10-12)24(20,21)13-5-3-2-4-6-13/h2-10H,1H3,(H2,16,18,19). The van der Waals surface area contributed by atoms with Crippen LogP contribution in [0.25, 0.3) is 10.9 Å². The molecule has 2 aromatic carbocycles. The Bertz CT molecular complexity index is 1120. The van der Waals surface area contributed by atoms with Crippen LogP contribution in [0.3, 0.4) is 0 Å². The second-order valence-corrected chi connectivity index (χ2v) is 8.33. The van der Waals surface area contributed by atoms with Gasteiger partial charge in [0.15, 0.2) is 5.03 Å². The Hall–Kier alpha value is -2.36. The van der Waals surface area contributed by atoms with Crippen molar-refractivity contribution >= 4 is 30.9 Å². The molecule has 0 atom stereocenters. The van der Waals surface area contributed by atoms with Gasteiger partial charge in [-0.1, -0.05) is 18.2 Å². The third-order valence-corrected chi connectivity index (χ3v) is 6.25. The molecule has 0 fully saturated rings. The van der Waals surface area contributed by atoms with Crippen LogP contribution in [0.4, 0.5) is 0 Å². The number of fused-ring (bicyclic) bond motifs is 1. The van der Waals surface area contributed by atoms with E-state index in [9.17, 15) is 16.8 Å². The van der Waals surface area contributed by atoms with Crippen LogP contribution in [0.1, 0.15) is 0 Å². The second kappa shape index (κ2) is 5.62. The van der Waals surface area contributed by atoms with Crippen LogP contribution in [-0.2, 0) is 20.0 Å². The summed E-state index contributed by atoms with van der Waals surface area (Å²) in [4.78, 5) is -0.0461. The normalized spacial score (nSPS) is 12.4. The van der Waals surface area contributed by atoms with Gasteiger partial charge in [0.05, 0.1) is 17.5 Å². The quantitative estimate of drug-likeness (QED) is 0.753. The molecule has 0 spiro atoms. The Morgan fingerprint density at radius 3 is 2.21 bits per heavy atom. The van der Waals surface area contributed by atoms with E-state index in [0.29, 0.717) is 11.1 Å². The molecule has 24 heavy (non-hydrogen) atoms. The Balaban J connectivity index is 2.45. The topological polar surface area (TPSA) is 108 Å². The maximum atomic E-state index is 13.0. The average molecular weight is 366 g/mol. The summed E-state index contributed by atoms with van der Waals surface area (Å²) in [5.74, 6) is 0.395. The van der Waals surface area contributed by atoms with Gasteiger partial charge in [-0.3, -0.25) is 0 Å². The summed E-state index contributed by atoms with van der Waals surface area (Å²) in [7, 11) is -6.99. The third kappa shape index (κ3) is 2.66. The molecule has 0 aliphatic heterocycles. The summed E-state index contributed by atoms with van der Waals surface area (Å²) >= 11 is 0. The van der Waals surface area contributed by atoms with Crippen molar-refractivity contribution < 1.29 is 21.6 Å². The number of primary sulfonamides is 1. The summed E-state index contributed by atoms with van der Waals surface area (Å²) in [6, 6.07) is 13.4. The Morgan fingerprint density at radius 1 is 0.958 bits per heavy atom. The Labute approximate surface area is 139 Å². The number of methoxy groups -OCH3 is 1. The number of benzene rings is 2. The predicted octanol–water partition coefficient (Wildman–Crippen LogP) is 1.53. The van der Waals surface area contributed by atoms with Crippen LogP contribution in [0, 0.1) is 0 Å². The van der Waals surface area contributed by atoms with Gasteiger partial charge in [-0.25, -0.2) is 25.9 Å². The zero-order chi connectivity index (χ0) is 17.5. The third-order valence-electron chi connectivity index (χ3n) is 3.51. The molecular formula is C15H14N2O5S2. The van der Waals surface area contributed by atoms with E-state index in [1.165, 1.54) is 31.4 Å². The van der Waals surface area contributed by atoms with Crippen molar-refractivity contribution in [3.63, 3.8) is 0 Å². The molecule has 1 heterocycles. The van der Waals surface area contributed by atoms with E-state index >= 15 is 0 Å². The van der Waals surface area contributed by atoms with E-state index in [-0.39, 0.29) is 10.4 Å². The van der Waals surface area contributed by atoms with E-state index in [2.05, 4.69) is 0 Å². The smallest absolute Gasteiger partial charge is 0.269 e. The zero-order valence-corrected chi connectivity index (χ0v) is 14.2. The van der Waals surface area contributed by atoms with Crippen molar-refractivity contribution in [3.05, 3.63) is 54.6 Å². The fraction of sp³-hybridized carbons (Fsp3) is 0.0667. The Morgan fingerprint density at radius 2 is 1.62 bits per heavy atom. The van der Waals surface area contributed by atoms with Gasteiger partial charge < -0.3 is 4.74 Å². The van der Waals surface area contributed by atoms with Crippen LogP contribution in [0.5, 0.6) is 5.75 Å². The molecule has 3 rings (SSSR count). The highest BCUT2D eigenvalue weighted by molar-refractivity contribution is 7.92. The number of aromatic nitrogens is 1. The van der Waals surface area contributed by atoms with E-state index in [1.54, 1.807) is 30.3 Å². The van der Waals surface area contributed by atoms with Gasteiger partial charge in [0.2, 0.25) is 0 Å². The molecule has 0 bridgehead atoms. The van der Waals surface area contributed by atoms with Gasteiger partial charge in [-0.2, -0.15) is 0 Å². The number of rotatable bonds is 4. The number of nitrogens with zero attached hydrogens (tertiary/aromatic N) is 1. The van der Waals surface area contributed by atoms with E-state index < -0.39 is 25.1 Å². The molecule has 0 aliphatic carbocycles. The van der Waals surface area contributed by atoms with Crippen molar-refractivity contribution in [2.24, 2.45) is 5.14 Å². The van der Waals surface area contributed by atoms with Crippen LogP contribution in [0.15, 0.2) is 64.5 Å². The molecule has 9 heteroatoms. The molecule has 0 radical (unpaired) electrons. The first-order valence-corrected chi connectivity index (χ1v) is 9.77. The largest absolute Gasteiger partial charge is 0.497 e. The molecule has 0 aliphatic rings. The molecule has 7 nitrogen and oxygen atoms in total. The lowest BCUT2D eigenvalue weighted by Gasteiger charge is -2.11. The monoisotopic (exact) mass is 366 g/mol. The fourth-order valence-corrected chi connectivity index (χ4v) is 5.05. The average Bonchev–Trinajstić information content (AvgIpc) is 2.95. The molecule has 2 N–H and O–H groups in total. The SMILES string of the molecule is COc1ccc2cc(S(N)(=O)=O)n(S(=O)(=O)c3ccccc3)c2c1. The maximum absolute atomic E-state index is 13.0. The van der Waals surface area contributed by atoms with Crippen LogP contribution in [0.2, 0.25) is 0 Å². The minimum absolute atomic E-state index is 0.0461. The lowest BCUT2D eigenvalue weighted by molar-refractivity contribution is 0.415. The highest BCUT2D eigenvalue weighted by Crippen LogP contribution is 2.30. The molecule has 0 unspecified atom stereocenters. The van der Waals surface area contributed by atoms with Crippen molar-refractivity contribution in [3.8, 4) is 5.75 Å². The number of hydrogen-bond donors (Lipinski definition) is 1. The summed E-state index contributed by atoms with van der Waals surface area (Å²) in [6.45, 7) is 0. The van der Waals surface area contributed by atoms with Gasteiger partial charge in [0.25, 0.3) is 20.0 Å². The lowest BCUT2D eigenvalue weighted by atomic mass is 10.2. The number of nitrogens with two attached hydrogens (primary N) is 1. The number of ether oxygens (including phenoxy) is 1. The zero-order valence-electron chi connectivity index (χ0n) is 12.6. The first kappa shape index (κ1) is 16.5. The van der Waals surface area contributed by atoms with Gasteiger partial charge in [0.1, 0.15) is 5.75 Å². The molecule has 126 valence electrons. The summed E-state index contributed by atoms with van der Waals surface area (Å²) in [5, 5.41) is 5.13. The summed E-state index contributed by atoms with van der Waals surface area (Å²) < 4.78 is 55.6. The minimum Gasteiger partial charge on any atom is -0.497 e. The van der Waals surface area contributed by atoms with Crippen LogP contribution < -0.4 is 9.88 Å². The van der Waals surface area contributed by atoms with Gasteiger partial charge in [-0.05, 0) is 30.3 Å². The van der Waals surface area contributed by atoms with Crippen molar-refractivity contribution in [1.29, 1.82) is 0 Å². The van der Waals surface area contributed by atoms with Crippen LogP contribution in [-0.4, -0.2) is 27.9 Å². The first-order chi connectivity index (χ1) is 11.2. The van der Waals surface area contributed by atoms with Crippen molar-refractivity contribution in [2.75, 3.05) is 7.11 Å². The van der Waals surface area contributed by atoms with E-state index in [0.717, 1.165) is 3.97 Å². The van der Waals surface area contributed by atoms with Gasteiger partial charge >= 0.3 is 0 Å². The summed E-state index contributed by atoms with van der Waals surface area (Å²) in [6.07, 6.45) is 0. The molecule has 0 amide bonds.